The number of ether oxygens (including phenoxy) is 2. The number of nitrogens with one attached hydrogen (secondary N) is 1. The average Bonchev–Trinajstić information content (AvgIpc) is 2.60. The highest BCUT2D eigenvalue weighted by atomic mass is 16.5. The molecule has 1 atom stereocenters. The Kier molecular flexibility index (Phi) is 5.80. The molecule has 5 nitrogen and oxygen atoms in total. The van der Waals surface area contributed by atoms with Gasteiger partial charge in [-0.25, -0.2) is 4.79 Å². The Hall–Kier alpha value is -2.82. The molecule has 0 saturated carbocycles. The summed E-state index contributed by atoms with van der Waals surface area (Å²) >= 11 is 0. The summed E-state index contributed by atoms with van der Waals surface area (Å²) in [6.07, 6.45) is -0.679. The van der Waals surface area contributed by atoms with Crippen LogP contribution in [0.3, 0.4) is 0 Å². The van der Waals surface area contributed by atoms with Crippen molar-refractivity contribution in [3.05, 3.63) is 58.7 Å². The van der Waals surface area contributed by atoms with E-state index in [0.29, 0.717) is 22.6 Å². The maximum absolute atomic E-state index is 12.5. The molecule has 1 unspecified atom stereocenters. The van der Waals surface area contributed by atoms with Gasteiger partial charge in [0.05, 0.1) is 12.7 Å². The molecule has 0 heterocycles. The van der Waals surface area contributed by atoms with Gasteiger partial charge >= 0.3 is 5.97 Å². The summed E-state index contributed by atoms with van der Waals surface area (Å²) in [5.74, 6) is -0.0398. The zero-order chi connectivity index (χ0) is 18.6. The molecule has 1 N–H and O–H groups in total. The highest BCUT2D eigenvalue weighted by molar-refractivity contribution is 5.98. The largest absolute Gasteiger partial charge is 0.481 e. The quantitative estimate of drug-likeness (QED) is 0.840. The predicted molar refractivity (Wildman–Crippen MR) is 97.2 cm³/mol. The number of rotatable bonds is 5. The first-order valence-electron chi connectivity index (χ1n) is 8.06. The van der Waals surface area contributed by atoms with Crippen molar-refractivity contribution >= 4 is 17.6 Å². The summed E-state index contributed by atoms with van der Waals surface area (Å²) in [7, 11) is 1.33. The molecule has 0 radical (unpaired) electrons. The number of anilines is 1. The molecule has 25 heavy (non-hydrogen) atoms. The van der Waals surface area contributed by atoms with Crippen molar-refractivity contribution in [1.82, 2.24) is 0 Å². The summed E-state index contributed by atoms with van der Waals surface area (Å²) in [4.78, 5) is 24.2. The van der Waals surface area contributed by atoms with Crippen molar-refractivity contribution in [1.29, 1.82) is 0 Å². The Bertz CT molecular complexity index is 798. The van der Waals surface area contributed by atoms with E-state index in [2.05, 4.69) is 5.32 Å². The summed E-state index contributed by atoms with van der Waals surface area (Å²) in [5, 5.41) is 2.81. The molecule has 132 valence electrons. The number of hydrogen-bond donors (Lipinski definition) is 1. The van der Waals surface area contributed by atoms with Crippen LogP contribution >= 0.6 is 0 Å². The van der Waals surface area contributed by atoms with E-state index < -0.39 is 12.1 Å². The van der Waals surface area contributed by atoms with Crippen molar-refractivity contribution < 1.29 is 19.1 Å². The third-order valence-corrected chi connectivity index (χ3v) is 4.22. The minimum absolute atomic E-state index is 0.286. The van der Waals surface area contributed by atoms with Gasteiger partial charge < -0.3 is 14.8 Å². The van der Waals surface area contributed by atoms with Crippen LogP contribution in [-0.4, -0.2) is 25.1 Å². The normalized spacial score (nSPS) is 11.6. The van der Waals surface area contributed by atoms with Crippen LogP contribution in [0.5, 0.6) is 5.75 Å². The number of hydrogen-bond acceptors (Lipinski definition) is 4. The first-order valence-corrected chi connectivity index (χ1v) is 8.06. The van der Waals surface area contributed by atoms with E-state index in [0.717, 1.165) is 11.1 Å². The molecule has 0 bridgehead atoms. The van der Waals surface area contributed by atoms with Crippen LogP contribution < -0.4 is 10.1 Å². The molecule has 0 aliphatic carbocycles. The van der Waals surface area contributed by atoms with Gasteiger partial charge in [-0.1, -0.05) is 18.2 Å². The fourth-order valence-electron chi connectivity index (χ4n) is 2.43. The van der Waals surface area contributed by atoms with Crippen LogP contribution in [0.2, 0.25) is 0 Å². The van der Waals surface area contributed by atoms with E-state index in [-0.39, 0.29) is 5.91 Å². The van der Waals surface area contributed by atoms with Gasteiger partial charge in [-0.3, -0.25) is 4.79 Å². The summed E-state index contributed by atoms with van der Waals surface area (Å²) in [5.41, 5.74) is 3.74. The van der Waals surface area contributed by atoms with E-state index in [1.165, 1.54) is 7.11 Å². The zero-order valence-corrected chi connectivity index (χ0v) is 15.2. The fraction of sp³-hybridized carbons (Fsp3) is 0.300. The van der Waals surface area contributed by atoms with Crippen molar-refractivity contribution in [3.8, 4) is 5.75 Å². The van der Waals surface area contributed by atoms with Gasteiger partial charge in [-0.15, -0.1) is 0 Å². The second-order valence-corrected chi connectivity index (χ2v) is 5.92. The van der Waals surface area contributed by atoms with Gasteiger partial charge in [-0.2, -0.15) is 0 Å². The van der Waals surface area contributed by atoms with Gasteiger partial charge in [-0.05, 0) is 62.6 Å². The van der Waals surface area contributed by atoms with Crippen molar-refractivity contribution in [2.75, 3.05) is 12.4 Å². The van der Waals surface area contributed by atoms with Crippen LogP contribution in [0.25, 0.3) is 0 Å². The smallest absolute Gasteiger partial charge is 0.338 e. The molecular weight excluding hydrogens is 318 g/mol. The minimum atomic E-state index is -0.679. The van der Waals surface area contributed by atoms with E-state index in [4.69, 9.17) is 9.47 Å². The van der Waals surface area contributed by atoms with E-state index >= 15 is 0 Å². The lowest BCUT2D eigenvalue weighted by Gasteiger charge is -2.18. The Morgan fingerprint density at radius 2 is 1.68 bits per heavy atom. The molecule has 2 aromatic rings. The molecule has 0 aromatic heterocycles. The maximum Gasteiger partial charge on any atom is 0.338 e. The molecule has 2 aromatic carbocycles. The maximum atomic E-state index is 12.5. The molecule has 1 amide bonds. The molecule has 2 rings (SSSR count). The van der Waals surface area contributed by atoms with E-state index in [9.17, 15) is 9.59 Å². The Morgan fingerprint density at radius 1 is 1.00 bits per heavy atom. The lowest BCUT2D eigenvalue weighted by atomic mass is 10.1. The van der Waals surface area contributed by atoms with Gasteiger partial charge in [0, 0.05) is 5.69 Å². The Balaban J connectivity index is 2.14. The Morgan fingerprint density at radius 3 is 2.36 bits per heavy atom. The highest BCUT2D eigenvalue weighted by Gasteiger charge is 2.19. The SMILES string of the molecule is COC(=O)c1cccc(NC(=O)C(C)Oc2cccc(C)c2C)c1C. The summed E-state index contributed by atoms with van der Waals surface area (Å²) in [6, 6.07) is 10.8. The topological polar surface area (TPSA) is 64.6 Å². The first kappa shape index (κ1) is 18.5. The first-order chi connectivity index (χ1) is 11.8. The van der Waals surface area contributed by atoms with Crippen LogP contribution in [-0.2, 0) is 9.53 Å². The molecule has 0 aliphatic heterocycles. The summed E-state index contributed by atoms with van der Waals surface area (Å²) < 4.78 is 10.5. The van der Waals surface area contributed by atoms with Crippen LogP contribution in [0.15, 0.2) is 36.4 Å². The minimum Gasteiger partial charge on any atom is -0.481 e. The molecule has 0 aliphatic rings. The lowest BCUT2D eigenvalue weighted by Crippen LogP contribution is -2.30. The fourth-order valence-corrected chi connectivity index (χ4v) is 2.43. The monoisotopic (exact) mass is 341 g/mol. The average molecular weight is 341 g/mol. The van der Waals surface area contributed by atoms with Crippen molar-refractivity contribution in [2.24, 2.45) is 0 Å². The zero-order valence-electron chi connectivity index (χ0n) is 15.2. The number of benzene rings is 2. The third kappa shape index (κ3) is 4.18. The van der Waals surface area contributed by atoms with E-state index in [1.54, 1.807) is 32.0 Å². The van der Waals surface area contributed by atoms with Crippen LogP contribution in [0, 0.1) is 20.8 Å². The van der Waals surface area contributed by atoms with Gasteiger partial charge in [0.2, 0.25) is 0 Å². The highest BCUT2D eigenvalue weighted by Crippen LogP contribution is 2.23. The van der Waals surface area contributed by atoms with Crippen molar-refractivity contribution in [2.45, 2.75) is 33.8 Å². The second kappa shape index (κ2) is 7.83. The van der Waals surface area contributed by atoms with Crippen molar-refractivity contribution in [3.63, 3.8) is 0 Å². The van der Waals surface area contributed by atoms with Crippen LogP contribution in [0.1, 0.15) is 34.0 Å². The Labute approximate surface area is 148 Å². The number of amides is 1. The number of methoxy groups -OCH3 is 1. The van der Waals surface area contributed by atoms with Gasteiger partial charge in [0.25, 0.3) is 5.91 Å². The number of esters is 1. The number of carbonyl (C=O) groups is 2. The molecule has 0 spiro atoms. The molecule has 0 fully saturated rings. The van der Waals surface area contributed by atoms with Gasteiger partial charge in [0.15, 0.2) is 6.10 Å². The summed E-state index contributed by atoms with van der Waals surface area (Å²) in [6.45, 7) is 7.41. The van der Waals surface area contributed by atoms with Gasteiger partial charge in [0.1, 0.15) is 5.75 Å². The number of carbonyl (C=O) groups excluding carboxylic acids is 2. The molecule has 0 saturated heterocycles. The van der Waals surface area contributed by atoms with Crippen LogP contribution in [0.4, 0.5) is 5.69 Å². The third-order valence-electron chi connectivity index (χ3n) is 4.22. The standard InChI is InChI=1S/C20H23NO4/c1-12-8-6-11-18(13(12)2)25-15(4)19(22)21-17-10-7-9-16(14(17)3)20(23)24-5/h6-11,15H,1-5H3,(H,21,22). The lowest BCUT2D eigenvalue weighted by molar-refractivity contribution is -0.122. The molecular formula is C20H23NO4. The predicted octanol–water partition coefficient (Wildman–Crippen LogP) is 3.80. The second-order valence-electron chi connectivity index (χ2n) is 5.92. The van der Waals surface area contributed by atoms with E-state index in [1.807, 2.05) is 32.0 Å². The molecule has 5 heteroatoms. The number of aryl methyl sites for hydroxylation is 1.